The van der Waals surface area contributed by atoms with Gasteiger partial charge in [0.15, 0.2) is 0 Å². The summed E-state index contributed by atoms with van der Waals surface area (Å²) in [5.41, 5.74) is 0. The summed E-state index contributed by atoms with van der Waals surface area (Å²) in [7, 11) is 0. The summed E-state index contributed by atoms with van der Waals surface area (Å²) in [6.45, 7) is 4.36. The molecule has 0 aromatic heterocycles. The van der Waals surface area contributed by atoms with Gasteiger partial charge < -0.3 is 14.8 Å². The number of hydrogen-bond donors (Lipinski definition) is 1. The van der Waals surface area contributed by atoms with Crippen molar-refractivity contribution in [1.82, 2.24) is 5.32 Å². The lowest BCUT2D eigenvalue weighted by molar-refractivity contribution is -0.0447. The maximum absolute atomic E-state index is 5.89. The maximum Gasteiger partial charge on any atom is 0.0733 e. The van der Waals surface area contributed by atoms with E-state index in [2.05, 4.69) is 19.2 Å². The third-order valence-corrected chi connectivity index (χ3v) is 4.25. The van der Waals surface area contributed by atoms with Gasteiger partial charge in [-0.3, -0.25) is 0 Å². The van der Waals surface area contributed by atoms with Crippen LogP contribution in [0.1, 0.15) is 46.0 Å². The second-order valence-electron chi connectivity index (χ2n) is 5.81. The quantitative estimate of drug-likeness (QED) is 0.778. The van der Waals surface area contributed by atoms with Gasteiger partial charge in [0.2, 0.25) is 0 Å². The van der Waals surface area contributed by atoms with Gasteiger partial charge in [-0.2, -0.15) is 0 Å². The van der Waals surface area contributed by atoms with Crippen molar-refractivity contribution >= 4 is 0 Å². The Hall–Kier alpha value is -0.120. The Balaban J connectivity index is 1.54. The van der Waals surface area contributed by atoms with Crippen molar-refractivity contribution in [2.45, 2.75) is 82.5 Å². The molecule has 3 aliphatic rings. The molecule has 3 nitrogen and oxygen atoms in total. The van der Waals surface area contributed by atoms with Gasteiger partial charge in [0, 0.05) is 12.1 Å². The van der Waals surface area contributed by atoms with Crippen molar-refractivity contribution < 1.29 is 9.47 Å². The highest BCUT2D eigenvalue weighted by Crippen LogP contribution is 2.35. The van der Waals surface area contributed by atoms with E-state index >= 15 is 0 Å². The van der Waals surface area contributed by atoms with E-state index in [1.165, 1.54) is 19.3 Å². The van der Waals surface area contributed by atoms with Crippen molar-refractivity contribution in [2.75, 3.05) is 0 Å². The van der Waals surface area contributed by atoms with Crippen LogP contribution in [0.5, 0.6) is 0 Å². The molecule has 5 unspecified atom stereocenters. The normalized spacial score (nSPS) is 52.1. The second kappa shape index (κ2) is 4.28. The summed E-state index contributed by atoms with van der Waals surface area (Å²) in [6.07, 6.45) is 7.93. The molecule has 0 aliphatic carbocycles. The molecular weight excluding hydrogens is 202 g/mol. The average molecular weight is 225 g/mol. The third-order valence-electron chi connectivity index (χ3n) is 4.25. The molecule has 3 fully saturated rings. The summed E-state index contributed by atoms with van der Waals surface area (Å²) >= 11 is 0. The fourth-order valence-electron chi connectivity index (χ4n) is 3.66. The number of nitrogens with one attached hydrogen (secondary N) is 1. The number of fused-ring (bicyclic) bond motifs is 2. The number of ether oxygens (including phenoxy) is 2. The van der Waals surface area contributed by atoms with Gasteiger partial charge in [0.05, 0.1) is 24.4 Å². The number of hydrogen-bond acceptors (Lipinski definition) is 3. The van der Waals surface area contributed by atoms with Gasteiger partial charge in [-0.1, -0.05) is 0 Å². The lowest BCUT2D eigenvalue weighted by Gasteiger charge is -2.35. The molecule has 0 saturated carbocycles. The minimum absolute atomic E-state index is 0.403. The van der Waals surface area contributed by atoms with Crippen LogP contribution in [0.25, 0.3) is 0 Å². The van der Waals surface area contributed by atoms with E-state index in [4.69, 9.17) is 9.47 Å². The first-order chi connectivity index (χ1) is 7.70. The first-order valence-corrected chi connectivity index (χ1v) is 6.77. The first kappa shape index (κ1) is 11.0. The lowest BCUT2D eigenvalue weighted by Crippen LogP contribution is -2.48. The van der Waals surface area contributed by atoms with Crippen LogP contribution in [-0.4, -0.2) is 36.5 Å². The molecule has 3 rings (SSSR count). The Kier molecular flexibility index (Phi) is 2.94. The Morgan fingerprint density at radius 3 is 2.25 bits per heavy atom. The zero-order chi connectivity index (χ0) is 11.1. The fourth-order valence-corrected chi connectivity index (χ4v) is 3.66. The van der Waals surface area contributed by atoms with E-state index in [-0.39, 0.29) is 0 Å². The van der Waals surface area contributed by atoms with Crippen LogP contribution in [-0.2, 0) is 9.47 Å². The van der Waals surface area contributed by atoms with E-state index in [1.807, 2.05) is 0 Å². The average Bonchev–Trinajstić information content (AvgIpc) is 2.77. The van der Waals surface area contributed by atoms with Crippen LogP contribution in [0.3, 0.4) is 0 Å². The van der Waals surface area contributed by atoms with E-state index < -0.39 is 0 Å². The van der Waals surface area contributed by atoms with Crippen LogP contribution in [0.2, 0.25) is 0 Å². The van der Waals surface area contributed by atoms with Crippen LogP contribution >= 0.6 is 0 Å². The molecule has 92 valence electrons. The molecule has 0 amide bonds. The summed E-state index contributed by atoms with van der Waals surface area (Å²) in [5, 5.41) is 3.81. The predicted octanol–water partition coefficient (Wildman–Crippen LogP) is 1.85. The molecular formula is C13H23NO2. The molecule has 1 N–H and O–H groups in total. The van der Waals surface area contributed by atoms with Gasteiger partial charge in [0.1, 0.15) is 0 Å². The van der Waals surface area contributed by atoms with Crippen molar-refractivity contribution in [1.29, 1.82) is 0 Å². The maximum atomic E-state index is 5.89. The summed E-state index contributed by atoms with van der Waals surface area (Å²) in [4.78, 5) is 0. The SMILES string of the molecule is CC1CC(NC2CC3CCC2O3)CC(C)O1. The monoisotopic (exact) mass is 225 g/mol. The Bertz CT molecular complexity index is 248. The van der Waals surface area contributed by atoms with E-state index in [0.29, 0.717) is 36.5 Å². The molecule has 0 aromatic rings. The molecule has 16 heavy (non-hydrogen) atoms. The van der Waals surface area contributed by atoms with Gasteiger partial charge in [-0.05, 0) is 46.0 Å². The zero-order valence-corrected chi connectivity index (χ0v) is 10.3. The Morgan fingerprint density at radius 1 is 0.938 bits per heavy atom. The molecule has 3 aliphatic heterocycles. The molecule has 5 atom stereocenters. The molecule has 3 saturated heterocycles. The largest absolute Gasteiger partial charge is 0.375 e. The van der Waals surface area contributed by atoms with Gasteiger partial charge in [-0.25, -0.2) is 0 Å². The molecule has 2 bridgehead atoms. The smallest absolute Gasteiger partial charge is 0.0733 e. The second-order valence-corrected chi connectivity index (χ2v) is 5.81. The number of rotatable bonds is 2. The zero-order valence-electron chi connectivity index (χ0n) is 10.3. The minimum Gasteiger partial charge on any atom is -0.375 e. The minimum atomic E-state index is 0.403. The highest BCUT2D eigenvalue weighted by molar-refractivity contribution is 4.96. The van der Waals surface area contributed by atoms with Crippen LogP contribution in [0.4, 0.5) is 0 Å². The van der Waals surface area contributed by atoms with Gasteiger partial charge >= 0.3 is 0 Å². The molecule has 0 radical (unpaired) electrons. The standard InChI is InChI=1S/C13H23NO2/c1-8-5-10(6-9(2)15-8)14-12-7-11-3-4-13(12)16-11/h8-14H,3-7H2,1-2H3. The summed E-state index contributed by atoms with van der Waals surface area (Å²) < 4.78 is 11.7. The van der Waals surface area contributed by atoms with Crippen molar-refractivity contribution in [3.63, 3.8) is 0 Å². The van der Waals surface area contributed by atoms with Crippen molar-refractivity contribution in [3.8, 4) is 0 Å². The topological polar surface area (TPSA) is 30.5 Å². The van der Waals surface area contributed by atoms with Crippen molar-refractivity contribution in [3.05, 3.63) is 0 Å². The van der Waals surface area contributed by atoms with E-state index in [9.17, 15) is 0 Å². The van der Waals surface area contributed by atoms with Gasteiger partial charge in [-0.15, -0.1) is 0 Å². The third kappa shape index (κ3) is 2.13. The predicted molar refractivity (Wildman–Crippen MR) is 62.5 cm³/mol. The lowest BCUT2D eigenvalue weighted by atomic mass is 9.92. The molecule has 3 heteroatoms. The van der Waals surface area contributed by atoms with Gasteiger partial charge in [0.25, 0.3) is 0 Å². The molecule has 0 aromatic carbocycles. The summed E-state index contributed by atoms with van der Waals surface area (Å²) in [5.74, 6) is 0. The molecule has 0 spiro atoms. The Labute approximate surface area is 97.9 Å². The highest BCUT2D eigenvalue weighted by atomic mass is 16.5. The summed E-state index contributed by atoms with van der Waals surface area (Å²) in [6, 6.07) is 1.24. The fraction of sp³-hybridized carbons (Fsp3) is 1.00. The van der Waals surface area contributed by atoms with E-state index in [1.54, 1.807) is 0 Å². The van der Waals surface area contributed by atoms with Crippen molar-refractivity contribution in [2.24, 2.45) is 0 Å². The highest BCUT2D eigenvalue weighted by Gasteiger charge is 2.41. The van der Waals surface area contributed by atoms with Crippen LogP contribution in [0.15, 0.2) is 0 Å². The van der Waals surface area contributed by atoms with E-state index in [0.717, 1.165) is 12.8 Å². The van der Waals surface area contributed by atoms with Crippen LogP contribution in [0, 0.1) is 0 Å². The van der Waals surface area contributed by atoms with Crippen LogP contribution < -0.4 is 5.32 Å². The Morgan fingerprint density at radius 2 is 1.69 bits per heavy atom. The molecule has 3 heterocycles. The first-order valence-electron chi connectivity index (χ1n) is 6.77.